The van der Waals surface area contributed by atoms with Gasteiger partial charge in [-0.15, -0.1) is 0 Å². The van der Waals surface area contributed by atoms with Crippen molar-refractivity contribution in [2.45, 2.75) is 12.2 Å². The maximum Gasteiger partial charge on any atom is 0.348 e. The Morgan fingerprint density at radius 1 is 0.750 bits per heavy atom. The van der Waals surface area contributed by atoms with E-state index >= 15 is 0 Å². The van der Waals surface area contributed by atoms with Crippen molar-refractivity contribution in [1.82, 2.24) is 0 Å². The van der Waals surface area contributed by atoms with E-state index in [-0.39, 0.29) is 6.61 Å². The van der Waals surface area contributed by atoms with Crippen molar-refractivity contribution in [3.63, 3.8) is 0 Å². The average Bonchev–Trinajstić information content (AvgIpc) is 2.67. The Balaban J connectivity index is 1.92. The number of aliphatic hydroxyl groups is 1. The zero-order valence-corrected chi connectivity index (χ0v) is 13.1. The summed E-state index contributed by atoms with van der Waals surface area (Å²) in [6, 6.07) is 27.1. The molecule has 0 atom stereocenters. The van der Waals surface area contributed by atoms with Gasteiger partial charge in [-0.25, -0.2) is 4.79 Å². The lowest BCUT2D eigenvalue weighted by molar-refractivity contribution is -0.163. The Morgan fingerprint density at radius 3 is 1.62 bits per heavy atom. The molecule has 24 heavy (non-hydrogen) atoms. The van der Waals surface area contributed by atoms with Gasteiger partial charge in [0.2, 0.25) is 5.60 Å². The molecule has 0 radical (unpaired) electrons. The van der Waals surface area contributed by atoms with Gasteiger partial charge in [0.25, 0.3) is 0 Å². The summed E-state index contributed by atoms with van der Waals surface area (Å²) in [5, 5.41) is 11.2. The monoisotopic (exact) mass is 318 g/mol. The molecule has 1 N–H and O–H groups in total. The van der Waals surface area contributed by atoms with Crippen molar-refractivity contribution in [2.24, 2.45) is 0 Å². The highest BCUT2D eigenvalue weighted by molar-refractivity contribution is 5.85. The van der Waals surface area contributed by atoms with Gasteiger partial charge in [-0.1, -0.05) is 91.0 Å². The number of ether oxygens (including phenoxy) is 1. The third-order valence-electron chi connectivity index (χ3n) is 3.89. The van der Waals surface area contributed by atoms with Gasteiger partial charge in [0, 0.05) is 0 Å². The lowest BCUT2D eigenvalue weighted by atomic mass is 9.86. The van der Waals surface area contributed by atoms with Crippen molar-refractivity contribution < 1.29 is 14.6 Å². The number of hydrogen-bond donors (Lipinski definition) is 1. The van der Waals surface area contributed by atoms with Crippen LogP contribution < -0.4 is 0 Å². The standard InChI is InChI=1S/C21H18O3/c22-20(24-16-17-10-4-1-5-11-17)21(23,18-12-6-2-7-13-18)19-14-8-3-9-15-19/h1-15,23H,16H2. The van der Waals surface area contributed by atoms with Crippen molar-refractivity contribution in [3.05, 3.63) is 108 Å². The molecule has 0 aliphatic heterocycles. The van der Waals surface area contributed by atoms with Gasteiger partial charge in [0.15, 0.2) is 0 Å². The van der Waals surface area contributed by atoms with Crippen LogP contribution in [0.15, 0.2) is 91.0 Å². The normalized spacial score (nSPS) is 11.0. The van der Waals surface area contributed by atoms with Gasteiger partial charge < -0.3 is 9.84 Å². The molecule has 0 bridgehead atoms. The highest BCUT2D eigenvalue weighted by Crippen LogP contribution is 2.31. The molecule has 0 heterocycles. The largest absolute Gasteiger partial charge is 0.458 e. The zero-order chi connectivity index (χ0) is 16.8. The fraction of sp³-hybridized carbons (Fsp3) is 0.0952. The molecule has 0 aromatic heterocycles. The molecule has 0 saturated carbocycles. The van der Waals surface area contributed by atoms with E-state index in [2.05, 4.69) is 0 Å². The molecule has 0 unspecified atom stereocenters. The van der Waals surface area contributed by atoms with Gasteiger partial charge in [0.1, 0.15) is 6.61 Å². The van der Waals surface area contributed by atoms with Crippen LogP contribution in [0.3, 0.4) is 0 Å². The van der Waals surface area contributed by atoms with E-state index in [4.69, 9.17) is 4.74 Å². The first-order chi connectivity index (χ1) is 11.7. The molecule has 0 saturated heterocycles. The summed E-state index contributed by atoms with van der Waals surface area (Å²) >= 11 is 0. The Hall–Kier alpha value is -2.91. The summed E-state index contributed by atoms with van der Waals surface area (Å²) in [5.41, 5.74) is -0.00467. The summed E-state index contributed by atoms with van der Waals surface area (Å²) in [4.78, 5) is 12.8. The van der Waals surface area contributed by atoms with Gasteiger partial charge in [-0.2, -0.15) is 0 Å². The van der Waals surface area contributed by atoms with E-state index in [1.807, 2.05) is 42.5 Å². The molecule has 120 valence electrons. The maximum absolute atomic E-state index is 12.8. The summed E-state index contributed by atoms with van der Waals surface area (Å²) < 4.78 is 5.41. The maximum atomic E-state index is 12.8. The van der Waals surface area contributed by atoms with E-state index in [9.17, 15) is 9.90 Å². The van der Waals surface area contributed by atoms with E-state index in [0.717, 1.165) is 5.56 Å². The minimum Gasteiger partial charge on any atom is -0.458 e. The van der Waals surface area contributed by atoms with Crippen LogP contribution in [-0.4, -0.2) is 11.1 Å². The predicted molar refractivity (Wildman–Crippen MR) is 92.1 cm³/mol. The molecular weight excluding hydrogens is 300 g/mol. The number of carbonyl (C=O) groups is 1. The molecule has 3 rings (SSSR count). The number of hydrogen-bond acceptors (Lipinski definition) is 3. The molecule has 3 nitrogen and oxygen atoms in total. The second-order valence-corrected chi connectivity index (χ2v) is 5.50. The minimum atomic E-state index is -1.84. The molecule has 3 heteroatoms. The van der Waals surface area contributed by atoms with Crippen LogP contribution in [0.4, 0.5) is 0 Å². The third-order valence-corrected chi connectivity index (χ3v) is 3.89. The van der Waals surface area contributed by atoms with E-state index in [0.29, 0.717) is 11.1 Å². The lowest BCUT2D eigenvalue weighted by Crippen LogP contribution is -2.38. The highest BCUT2D eigenvalue weighted by atomic mass is 16.5. The second kappa shape index (κ2) is 7.11. The van der Waals surface area contributed by atoms with Crippen LogP contribution in [0.2, 0.25) is 0 Å². The topological polar surface area (TPSA) is 46.5 Å². The SMILES string of the molecule is O=C(OCc1ccccc1)C(O)(c1ccccc1)c1ccccc1. The van der Waals surface area contributed by atoms with Gasteiger partial charge >= 0.3 is 5.97 Å². The molecule has 3 aromatic carbocycles. The number of carbonyl (C=O) groups excluding carboxylic acids is 1. The van der Waals surface area contributed by atoms with Gasteiger partial charge in [0.05, 0.1) is 0 Å². The van der Waals surface area contributed by atoms with Crippen LogP contribution in [0.1, 0.15) is 16.7 Å². The Bertz CT molecular complexity index is 744. The minimum absolute atomic E-state index is 0.113. The van der Waals surface area contributed by atoms with Crippen molar-refractivity contribution >= 4 is 5.97 Å². The van der Waals surface area contributed by atoms with Crippen LogP contribution in [-0.2, 0) is 21.7 Å². The molecule has 0 amide bonds. The second-order valence-electron chi connectivity index (χ2n) is 5.50. The van der Waals surface area contributed by atoms with E-state index < -0.39 is 11.6 Å². The molecular formula is C21H18O3. The van der Waals surface area contributed by atoms with Crippen LogP contribution >= 0.6 is 0 Å². The summed E-state index contributed by atoms with van der Waals surface area (Å²) in [6.45, 7) is 0.113. The van der Waals surface area contributed by atoms with Crippen LogP contribution in [0, 0.1) is 0 Å². The number of rotatable bonds is 5. The first kappa shape index (κ1) is 16.0. The van der Waals surface area contributed by atoms with Crippen LogP contribution in [0.25, 0.3) is 0 Å². The van der Waals surface area contributed by atoms with Crippen molar-refractivity contribution in [1.29, 1.82) is 0 Å². The lowest BCUT2D eigenvalue weighted by Gasteiger charge is -2.27. The van der Waals surface area contributed by atoms with E-state index in [1.165, 1.54) is 0 Å². The Kier molecular flexibility index (Phi) is 4.73. The van der Waals surface area contributed by atoms with Crippen molar-refractivity contribution in [2.75, 3.05) is 0 Å². The van der Waals surface area contributed by atoms with Crippen LogP contribution in [0.5, 0.6) is 0 Å². The smallest absolute Gasteiger partial charge is 0.348 e. The molecule has 0 spiro atoms. The molecule has 0 aliphatic carbocycles. The number of esters is 1. The molecule has 3 aromatic rings. The van der Waals surface area contributed by atoms with Crippen molar-refractivity contribution in [3.8, 4) is 0 Å². The number of benzene rings is 3. The summed E-state index contributed by atoms with van der Waals surface area (Å²) in [6.07, 6.45) is 0. The fourth-order valence-corrected chi connectivity index (χ4v) is 2.59. The third kappa shape index (κ3) is 3.21. The van der Waals surface area contributed by atoms with Gasteiger partial charge in [-0.3, -0.25) is 0 Å². The molecule has 0 aliphatic rings. The Morgan fingerprint density at radius 2 is 1.17 bits per heavy atom. The predicted octanol–water partition coefficient (Wildman–Crippen LogP) is 3.67. The zero-order valence-electron chi connectivity index (χ0n) is 13.1. The summed E-state index contributed by atoms with van der Waals surface area (Å²) in [7, 11) is 0. The molecule has 0 fully saturated rings. The fourth-order valence-electron chi connectivity index (χ4n) is 2.59. The Labute approximate surface area is 141 Å². The highest BCUT2D eigenvalue weighted by Gasteiger charge is 2.41. The quantitative estimate of drug-likeness (QED) is 0.730. The first-order valence-corrected chi connectivity index (χ1v) is 7.76. The first-order valence-electron chi connectivity index (χ1n) is 7.76. The average molecular weight is 318 g/mol. The van der Waals surface area contributed by atoms with E-state index in [1.54, 1.807) is 48.5 Å². The summed E-state index contributed by atoms with van der Waals surface area (Å²) in [5.74, 6) is -0.691. The van der Waals surface area contributed by atoms with Gasteiger partial charge in [-0.05, 0) is 16.7 Å².